The van der Waals surface area contributed by atoms with E-state index in [1.807, 2.05) is 0 Å². The number of ketones is 2. The third kappa shape index (κ3) is 8.82. The van der Waals surface area contributed by atoms with Crippen LogP contribution in [-0.2, 0) is 19.1 Å². The lowest BCUT2D eigenvalue weighted by Gasteiger charge is -2.44. The molecule has 10 heteroatoms. The first-order valence-electron chi connectivity index (χ1n) is 13.0. The van der Waals surface area contributed by atoms with E-state index in [1.54, 1.807) is 0 Å². The average molecular weight is 507 g/mol. The minimum absolute atomic E-state index is 0.0974. The van der Waals surface area contributed by atoms with Crippen LogP contribution in [0.5, 0.6) is 0 Å². The van der Waals surface area contributed by atoms with Gasteiger partial charge in [0.05, 0.1) is 13.2 Å². The number of unbranched alkanes of at least 4 members (excludes halogenated alkanes) is 8. The van der Waals surface area contributed by atoms with Crippen molar-refractivity contribution in [2.75, 3.05) is 13.2 Å². The zero-order chi connectivity index (χ0) is 26.4. The molecule has 1 aliphatic rings. The molecule has 1 fully saturated rings. The van der Waals surface area contributed by atoms with E-state index in [-0.39, 0.29) is 12.8 Å². The molecule has 0 bridgehead atoms. The lowest BCUT2D eigenvalue weighted by Crippen LogP contribution is -2.66. The van der Waals surface area contributed by atoms with Gasteiger partial charge in [0, 0.05) is 12.8 Å². The number of aliphatic hydroxyl groups is 6. The molecule has 1 rings (SSSR count). The summed E-state index contributed by atoms with van der Waals surface area (Å²) in [6.45, 7) is 2.43. The molecule has 6 atom stereocenters. The second-order valence-electron chi connectivity index (χ2n) is 9.42. The largest absolute Gasteiger partial charge is 0.394 e. The molecular weight excluding hydrogens is 460 g/mol. The second kappa shape index (κ2) is 16.7. The van der Waals surface area contributed by atoms with E-state index < -0.39 is 67.2 Å². The second-order valence-corrected chi connectivity index (χ2v) is 9.42. The number of hydrogen-bond acceptors (Lipinski definition) is 10. The normalized spacial score (nSPS) is 26.0. The van der Waals surface area contributed by atoms with Gasteiger partial charge in [-0.25, -0.2) is 0 Å². The maximum Gasteiger partial charge on any atom is 0.215 e. The highest BCUT2D eigenvalue weighted by atomic mass is 16.7. The van der Waals surface area contributed by atoms with E-state index in [0.717, 1.165) is 51.4 Å². The van der Waals surface area contributed by atoms with Crippen molar-refractivity contribution in [2.45, 2.75) is 133 Å². The van der Waals surface area contributed by atoms with Crippen molar-refractivity contribution >= 4 is 11.6 Å². The number of carbonyl (C=O) groups excluding carboxylic acids is 2. The van der Waals surface area contributed by atoms with Crippen molar-refractivity contribution in [2.24, 2.45) is 0 Å². The Balaban J connectivity index is 3.20. The molecule has 0 radical (unpaired) electrons. The highest BCUT2D eigenvalue weighted by Gasteiger charge is 2.56. The monoisotopic (exact) mass is 506 g/mol. The number of ether oxygens (including phenoxy) is 2. The molecular formula is C25H46O10. The van der Waals surface area contributed by atoms with Crippen LogP contribution in [0.3, 0.4) is 0 Å². The van der Waals surface area contributed by atoms with E-state index in [2.05, 4.69) is 13.8 Å². The molecule has 0 amide bonds. The van der Waals surface area contributed by atoms with Crippen molar-refractivity contribution in [3.63, 3.8) is 0 Å². The summed E-state index contributed by atoms with van der Waals surface area (Å²) in [5.41, 5.74) is -2.52. The summed E-state index contributed by atoms with van der Waals surface area (Å²) < 4.78 is 11.1. The van der Waals surface area contributed by atoms with E-state index in [9.17, 15) is 40.2 Å². The van der Waals surface area contributed by atoms with Gasteiger partial charge in [0.1, 0.15) is 30.5 Å². The molecule has 10 nitrogen and oxygen atoms in total. The first kappa shape index (κ1) is 32.0. The van der Waals surface area contributed by atoms with Crippen LogP contribution in [0.15, 0.2) is 0 Å². The molecule has 0 aromatic rings. The van der Waals surface area contributed by atoms with Gasteiger partial charge in [0.15, 0.2) is 17.9 Å². The highest BCUT2D eigenvalue weighted by molar-refractivity contribution is 6.11. The van der Waals surface area contributed by atoms with Gasteiger partial charge in [0.2, 0.25) is 5.60 Å². The first-order valence-corrected chi connectivity index (χ1v) is 13.0. The summed E-state index contributed by atoms with van der Waals surface area (Å²) in [5, 5.41) is 60.6. The van der Waals surface area contributed by atoms with Crippen molar-refractivity contribution in [3.05, 3.63) is 0 Å². The number of Topliss-reactive ketones (excluding diaryl/α,β-unsaturated/α-hetero) is 2. The average Bonchev–Trinajstić information content (AvgIpc) is 2.86. The molecule has 2 unspecified atom stereocenters. The quantitative estimate of drug-likeness (QED) is 0.108. The fourth-order valence-corrected chi connectivity index (χ4v) is 4.36. The Morgan fingerprint density at radius 1 is 0.800 bits per heavy atom. The molecule has 1 heterocycles. The van der Waals surface area contributed by atoms with E-state index in [0.29, 0.717) is 12.8 Å². The maximum atomic E-state index is 13.4. The van der Waals surface area contributed by atoms with Gasteiger partial charge in [-0.1, -0.05) is 65.2 Å². The smallest absolute Gasteiger partial charge is 0.215 e. The molecule has 1 aliphatic heterocycles. The third-order valence-electron chi connectivity index (χ3n) is 6.64. The van der Waals surface area contributed by atoms with Crippen LogP contribution in [0.1, 0.15) is 90.9 Å². The summed E-state index contributed by atoms with van der Waals surface area (Å²) in [7, 11) is 0. The van der Waals surface area contributed by atoms with Gasteiger partial charge in [0.25, 0.3) is 0 Å². The summed E-state index contributed by atoms with van der Waals surface area (Å²) in [5.74, 6) is -1.49. The summed E-state index contributed by atoms with van der Waals surface area (Å²) in [4.78, 5) is 26.9. The standard InChI is InChI=1S/C25H46O10/c1-3-5-7-9-11-13-18(28)25(20(30)16-27,19(29)14-12-10-8-6-4-2)35-24-23(33)22(32)21(31)17(15-26)34-24/h17,20-24,26-27,30-33H,3-16H2,1-2H3/t17-,20?,21+,22+,23-,24?/m1/s1. The molecule has 0 aromatic heterocycles. The van der Waals surface area contributed by atoms with Crippen LogP contribution in [0.25, 0.3) is 0 Å². The van der Waals surface area contributed by atoms with Crippen LogP contribution < -0.4 is 0 Å². The van der Waals surface area contributed by atoms with Gasteiger partial charge in [-0.05, 0) is 12.8 Å². The minimum atomic E-state index is -2.52. The van der Waals surface area contributed by atoms with Gasteiger partial charge >= 0.3 is 0 Å². The molecule has 1 saturated heterocycles. The van der Waals surface area contributed by atoms with Crippen molar-refractivity contribution in [3.8, 4) is 0 Å². The number of hydrogen-bond donors (Lipinski definition) is 6. The van der Waals surface area contributed by atoms with Crippen LogP contribution in [0.2, 0.25) is 0 Å². The first-order chi connectivity index (χ1) is 16.7. The Kier molecular flexibility index (Phi) is 15.3. The lowest BCUT2D eigenvalue weighted by molar-refractivity contribution is -0.326. The molecule has 0 aromatic carbocycles. The lowest BCUT2D eigenvalue weighted by atomic mass is 9.82. The fourth-order valence-electron chi connectivity index (χ4n) is 4.36. The van der Waals surface area contributed by atoms with E-state index in [1.165, 1.54) is 0 Å². The molecule has 0 saturated carbocycles. The Labute approximate surface area is 208 Å². The summed E-state index contributed by atoms with van der Waals surface area (Å²) >= 11 is 0. The number of carbonyl (C=O) groups is 2. The number of aliphatic hydroxyl groups excluding tert-OH is 6. The predicted octanol–water partition coefficient (Wildman–Crippen LogP) is 0.754. The van der Waals surface area contributed by atoms with Crippen molar-refractivity contribution < 1.29 is 49.7 Å². The van der Waals surface area contributed by atoms with E-state index >= 15 is 0 Å². The zero-order valence-corrected chi connectivity index (χ0v) is 21.2. The SMILES string of the molecule is CCCCCCCC(=O)C(OC1O[C@H](CO)[C@H](O)[C@H](O)[C@H]1O)(C(=O)CCCCCCC)C(O)CO. The molecule has 206 valence electrons. The molecule has 0 spiro atoms. The van der Waals surface area contributed by atoms with Gasteiger partial charge in [-0.15, -0.1) is 0 Å². The van der Waals surface area contributed by atoms with Crippen LogP contribution in [0.4, 0.5) is 0 Å². The van der Waals surface area contributed by atoms with Gasteiger partial charge in [-0.2, -0.15) is 0 Å². The van der Waals surface area contributed by atoms with Crippen LogP contribution in [0, 0.1) is 0 Å². The topological polar surface area (TPSA) is 174 Å². The Hall–Kier alpha value is -0.980. The minimum Gasteiger partial charge on any atom is -0.394 e. The summed E-state index contributed by atoms with van der Waals surface area (Å²) in [6.07, 6.45) is -2.39. The van der Waals surface area contributed by atoms with Gasteiger partial charge in [-0.3, -0.25) is 9.59 Å². The Morgan fingerprint density at radius 2 is 1.29 bits per heavy atom. The van der Waals surface area contributed by atoms with Crippen molar-refractivity contribution in [1.82, 2.24) is 0 Å². The zero-order valence-electron chi connectivity index (χ0n) is 21.2. The van der Waals surface area contributed by atoms with Gasteiger partial charge < -0.3 is 40.1 Å². The van der Waals surface area contributed by atoms with E-state index in [4.69, 9.17) is 9.47 Å². The summed E-state index contributed by atoms with van der Waals surface area (Å²) in [6, 6.07) is 0. The van der Waals surface area contributed by atoms with Crippen LogP contribution >= 0.6 is 0 Å². The Bertz CT molecular complexity index is 585. The van der Waals surface area contributed by atoms with Crippen molar-refractivity contribution in [1.29, 1.82) is 0 Å². The van der Waals surface area contributed by atoms with Crippen LogP contribution in [-0.4, -0.2) is 97.8 Å². The Morgan fingerprint density at radius 3 is 1.71 bits per heavy atom. The fraction of sp³-hybridized carbons (Fsp3) is 0.920. The number of rotatable bonds is 19. The molecule has 6 N–H and O–H groups in total. The predicted molar refractivity (Wildman–Crippen MR) is 127 cm³/mol. The maximum absolute atomic E-state index is 13.4. The highest BCUT2D eigenvalue weighted by Crippen LogP contribution is 2.32. The molecule has 0 aliphatic carbocycles. The third-order valence-corrected chi connectivity index (χ3v) is 6.64. The molecule has 35 heavy (non-hydrogen) atoms.